The highest BCUT2D eigenvalue weighted by atomic mass is 16.5. The SMILES string of the molecule is CC(C)(C)CC(C)(C)CCOc1ccccc1C(=O)O. The molecule has 1 rings (SSSR count). The standard InChI is InChI=1S/C17H26O3/c1-16(2,3)12-17(4,5)10-11-20-14-9-7-6-8-13(14)15(18)19/h6-9H,10-12H2,1-5H3,(H,18,19). The van der Waals surface area contributed by atoms with E-state index in [0.29, 0.717) is 12.4 Å². The van der Waals surface area contributed by atoms with Crippen LogP contribution in [-0.2, 0) is 0 Å². The molecule has 3 nitrogen and oxygen atoms in total. The molecule has 0 saturated heterocycles. The van der Waals surface area contributed by atoms with E-state index in [0.717, 1.165) is 12.8 Å². The summed E-state index contributed by atoms with van der Waals surface area (Å²) in [6, 6.07) is 6.78. The van der Waals surface area contributed by atoms with Crippen molar-refractivity contribution in [2.75, 3.05) is 6.61 Å². The van der Waals surface area contributed by atoms with Crippen LogP contribution in [0, 0.1) is 10.8 Å². The Balaban J connectivity index is 2.59. The number of carboxylic acids is 1. The highest BCUT2D eigenvalue weighted by Crippen LogP contribution is 2.35. The number of hydrogen-bond acceptors (Lipinski definition) is 2. The predicted molar refractivity (Wildman–Crippen MR) is 81.4 cm³/mol. The van der Waals surface area contributed by atoms with Crippen LogP contribution in [0.5, 0.6) is 5.75 Å². The molecule has 0 fully saturated rings. The molecular weight excluding hydrogens is 252 g/mol. The van der Waals surface area contributed by atoms with Gasteiger partial charge in [-0.1, -0.05) is 46.8 Å². The van der Waals surface area contributed by atoms with Gasteiger partial charge in [-0.15, -0.1) is 0 Å². The van der Waals surface area contributed by atoms with Crippen LogP contribution < -0.4 is 4.74 Å². The van der Waals surface area contributed by atoms with Gasteiger partial charge in [0.2, 0.25) is 0 Å². The average molecular weight is 278 g/mol. The fourth-order valence-corrected chi connectivity index (χ4v) is 2.73. The lowest BCUT2D eigenvalue weighted by molar-refractivity contribution is 0.0691. The monoisotopic (exact) mass is 278 g/mol. The van der Waals surface area contributed by atoms with Crippen molar-refractivity contribution in [1.29, 1.82) is 0 Å². The maximum absolute atomic E-state index is 11.1. The summed E-state index contributed by atoms with van der Waals surface area (Å²) >= 11 is 0. The van der Waals surface area contributed by atoms with Gasteiger partial charge in [0.15, 0.2) is 0 Å². The van der Waals surface area contributed by atoms with Crippen LogP contribution in [0.25, 0.3) is 0 Å². The van der Waals surface area contributed by atoms with E-state index in [-0.39, 0.29) is 16.4 Å². The van der Waals surface area contributed by atoms with E-state index in [2.05, 4.69) is 34.6 Å². The molecule has 0 amide bonds. The van der Waals surface area contributed by atoms with E-state index in [1.54, 1.807) is 24.3 Å². The number of aromatic carboxylic acids is 1. The molecule has 0 radical (unpaired) electrons. The summed E-state index contributed by atoms with van der Waals surface area (Å²) in [4.78, 5) is 11.1. The zero-order valence-corrected chi connectivity index (χ0v) is 13.2. The lowest BCUT2D eigenvalue weighted by atomic mass is 9.74. The topological polar surface area (TPSA) is 46.5 Å². The summed E-state index contributed by atoms with van der Waals surface area (Å²) < 4.78 is 5.67. The summed E-state index contributed by atoms with van der Waals surface area (Å²) in [6.45, 7) is 11.7. The average Bonchev–Trinajstić information content (AvgIpc) is 2.25. The summed E-state index contributed by atoms with van der Waals surface area (Å²) in [5.41, 5.74) is 0.680. The molecule has 0 saturated carbocycles. The van der Waals surface area contributed by atoms with Gasteiger partial charge in [-0.3, -0.25) is 0 Å². The van der Waals surface area contributed by atoms with E-state index in [1.165, 1.54) is 0 Å². The van der Waals surface area contributed by atoms with Crippen molar-refractivity contribution in [2.45, 2.75) is 47.5 Å². The molecule has 112 valence electrons. The third kappa shape index (κ3) is 5.64. The van der Waals surface area contributed by atoms with Crippen LogP contribution in [0.2, 0.25) is 0 Å². The van der Waals surface area contributed by atoms with Gasteiger partial charge in [0.1, 0.15) is 11.3 Å². The van der Waals surface area contributed by atoms with E-state index in [9.17, 15) is 4.79 Å². The Bertz CT molecular complexity index is 456. The molecule has 0 bridgehead atoms. The van der Waals surface area contributed by atoms with Crippen molar-refractivity contribution in [2.24, 2.45) is 10.8 Å². The first-order valence-electron chi connectivity index (χ1n) is 7.06. The number of ether oxygens (including phenoxy) is 1. The van der Waals surface area contributed by atoms with Gasteiger partial charge in [-0.2, -0.15) is 0 Å². The van der Waals surface area contributed by atoms with Crippen LogP contribution in [0.15, 0.2) is 24.3 Å². The smallest absolute Gasteiger partial charge is 0.339 e. The maximum atomic E-state index is 11.1. The molecule has 0 aliphatic rings. The molecule has 0 aliphatic heterocycles. The van der Waals surface area contributed by atoms with Crippen LogP contribution in [0.3, 0.4) is 0 Å². The van der Waals surface area contributed by atoms with Crippen LogP contribution in [-0.4, -0.2) is 17.7 Å². The van der Waals surface area contributed by atoms with Crippen molar-refractivity contribution < 1.29 is 14.6 Å². The Kier molecular flexibility index (Phi) is 5.21. The molecule has 20 heavy (non-hydrogen) atoms. The minimum Gasteiger partial charge on any atom is -0.493 e. The number of hydrogen-bond donors (Lipinski definition) is 1. The Morgan fingerprint density at radius 3 is 2.30 bits per heavy atom. The molecule has 1 aromatic rings. The van der Waals surface area contributed by atoms with Crippen LogP contribution >= 0.6 is 0 Å². The highest BCUT2D eigenvalue weighted by Gasteiger charge is 2.25. The van der Waals surface area contributed by atoms with Crippen molar-refractivity contribution in [3.05, 3.63) is 29.8 Å². The fraction of sp³-hybridized carbons (Fsp3) is 0.588. The third-order valence-electron chi connectivity index (χ3n) is 3.16. The normalized spacial score (nSPS) is 12.2. The Morgan fingerprint density at radius 1 is 1.15 bits per heavy atom. The molecule has 0 spiro atoms. The van der Waals surface area contributed by atoms with Crippen molar-refractivity contribution in [3.63, 3.8) is 0 Å². The fourth-order valence-electron chi connectivity index (χ4n) is 2.73. The molecular formula is C17H26O3. The Labute approximate surface area is 122 Å². The van der Waals surface area contributed by atoms with Crippen molar-refractivity contribution in [3.8, 4) is 5.75 Å². The zero-order chi connectivity index (χ0) is 15.4. The maximum Gasteiger partial charge on any atom is 0.339 e. The molecule has 1 aromatic carbocycles. The number of carbonyl (C=O) groups is 1. The first-order chi connectivity index (χ1) is 9.11. The summed E-state index contributed by atoms with van der Waals surface area (Å²) in [5, 5.41) is 9.10. The largest absolute Gasteiger partial charge is 0.493 e. The summed E-state index contributed by atoms with van der Waals surface area (Å²) in [5.74, 6) is -0.499. The lowest BCUT2D eigenvalue weighted by Crippen LogP contribution is -2.23. The van der Waals surface area contributed by atoms with Gasteiger partial charge in [0.05, 0.1) is 6.61 Å². The Morgan fingerprint density at radius 2 is 1.75 bits per heavy atom. The summed E-state index contributed by atoms with van der Waals surface area (Å²) in [7, 11) is 0. The first-order valence-corrected chi connectivity index (χ1v) is 7.06. The molecule has 0 aromatic heterocycles. The second kappa shape index (κ2) is 6.29. The number of benzene rings is 1. The highest BCUT2D eigenvalue weighted by molar-refractivity contribution is 5.90. The third-order valence-corrected chi connectivity index (χ3v) is 3.16. The van der Waals surface area contributed by atoms with Crippen LogP contribution in [0.1, 0.15) is 57.8 Å². The molecule has 0 aliphatic carbocycles. The van der Waals surface area contributed by atoms with Crippen LogP contribution in [0.4, 0.5) is 0 Å². The minimum absolute atomic E-state index is 0.177. The second-order valence-electron chi connectivity index (χ2n) is 7.30. The molecule has 0 atom stereocenters. The molecule has 3 heteroatoms. The number of carboxylic acid groups (broad SMARTS) is 1. The minimum atomic E-state index is -0.949. The zero-order valence-electron chi connectivity index (χ0n) is 13.2. The van der Waals surface area contributed by atoms with Gasteiger partial charge >= 0.3 is 5.97 Å². The van der Waals surface area contributed by atoms with Gasteiger partial charge in [-0.05, 0) is 35.8 Å². The lowest BCUT2D eigenvalue weighted by Gasteiger charge is -2.32. The van der Waals surface area contributed by atoms with E-state index in [1.807, 2.05) is 0 Å². The molecule has 0 heterocycles. The van der Waals surface area contributed by atoms with Crippen molar-refractivity contribution in [1.82, 2.24) is 0 Å². The number of para-hydroxylation sites is 1. The predicted octanol–water partition coefficient (Wildman–Crippen LogP) is 4.62. The van der Waals surface area contributed by atoms with Crippen molar-refractivity contribution >= 4 is 5.97 Å². The van der Waals surface area contributed by atoms with E-state index >= 15 is 0 Å². The summed E-state index contributed by atoms with van der Waals surface area (Å²) in [6.07, 6.45) is 2.00. The van der Waals surface area contributed by atoms with E-state index < -0.39 is 5.97 Å². The molecule has 1 N–H and O–H groups in total. The molecule has 0 unspecified atom stereocenters. The number of rotatable bonds is 6. The van der Waals surface area contributed by atoms with E-state index in [4.69, 9.17) is 9.84 Å². The quantitative estimate of drug-likeness (QED) is 0.826. The van der Waals surface area contributed by atoms with Gasteiger partial charge < -0.3 is 9.84 Å². The van der Waals surface area contributed by atoms with Gasteiger partial charge in [-0.25, -0.2) is 4.79 Å². The van der Waals surface area contributed by atoms with Gasteiger partial charge in [0.25, 0.3) is 0 Å². The Hall–Kier alpha value is -1.51. The van der Waals surface area contributed by atoms with Gasteiger partial charge in [0, 0.05) is 0 Å². The second-order valence-corrected chi connectivity index (χ2v) is 7.30. The first kappa shape index (κ1) is 16.5.